The first kappa shape index (κ1) is 20.6. The lowest BCUT2D eigenvalue weighted by atomic mass is 9.84. The molecule has 1 aliphatic rings. The predicted octanol–water partition coefficient (Wildman–Crippen LogP) is 4.16. The first-order valence-electron chi connectivity index (χ1n) is 9.93. The molecule has 10 heteroatoms. The lowest BCUT2D eigenvalue weighted by molar-refractivity contribution is 0.578. The minimum atomic E-state index is -3.66. The summed E-state index contributed by atoms with van der Waals surface area (Å²) >= 11 is 0. The van der Waals surface area contributed by atoms with Gasteiger partial charge in [-0.05, 0) is 56.2 Å². The molecule has 0 bridgehead atoms. The first-order chi connectivity index (χ1) is 14.9. The van der Waals surface area contributed by atoms with Crippen molar-refractivity contribution < 1.29 is 17.2 Å². The van der Waals surface area contributed by atoms with E-state index in [-0.39, 0.29) is 16.6 Å². The summed E-state index contributed by atoms with van der Waals surface area (Å²) in [6.45, 7) is 5.64. The highest BCUT2D eigenvalue weighted by Gasteiger charge is 2.37. The zero-order chi connectivity index (χ0) is 23.2. The van der Waals surface area contributed by atoms with Gasteiger partial charge >= 0.3 is 0 Å². The van der Waals surface area contributed by atoms with Crippen LogP contribution in [0.5, 0.6) is 0 Å². The molecule has 1 aliphatic heterocycles. The summed E-state index contributed by atoms with van der Waals surface area (Å²) in [6, 6.07) is 5.32. The summed E-state index contributed by atoms with van der Waals surface area (Å²) in [5.41, 5.74) is 3.45. The SMILES string of the molecule is Cc1c(-c2cc(F)cc3c2ccn3S(C)(=O)=O)c(F)cc2c1-c1c(nnn1C)C(C)(C)N2. The van der Waals surface area contributed by atoms with Gasteiger partial charge in [-0.3, -0.25) is 0 Å². The zero-order valence-corrected chi connectivity index (χ0v) is 19.0. The number of hydrogen-bond acceptors (Lipinski definition) is 5. The van der Waals surface area contributed by atoms with E-state index >= 15 is 4.39 Å². The maximum atomic E-state index is 15.6. The number of nitrogens with zero attached hydrogens (tertiary/aromatic N) is 4. The summed E-state index contributed by atoms with van der Waals surface area (Å²) in [6.07, 6.45) is 2.38. The highest BCUT2D eigenvalue weighted by Crippen LogP contribution is 2.48. The molecule has 166 valence electrons. The zero-order valence-electron chi connectivity index (χ0n) is 18.2. The molecule has 0 fully saturated rings. The molecular formula is C22H21F2N5O2S. The van der Waals surface area contributed by atoms with E-state index in [1.807, 2.05) is 13.8 Å². The summed E-state index contributed by atoms with van der Waals surface area (Å²) in [5, 5.41) is 12.2. The van der Waals surface area contributed by atoms with Gasteiger partial charge in [0.25, 0.3) is 0 Å². The highest BCUT2D eigenvalue weighted by molar-refractivity contribution is 7.89. The van der Waals surface area contributed by atoms with Gasteiger partial charge in [0.15, 0.2) is 0 Å². The first-order valence-corrected chi connectivity index (χ1v) is 11.8. The van der Waals surface area contributed by atoms with E-state index in [0.717, 1.165) is 33.2 Å². The number of halogens is 2. The lowest BCUT2D eigenvalue weighted by Gasteiger charge is -2.34. The van der Waals surface area contributed by atoms with Crippen LogP contribution in [-0.2, 0) is 22.6 Å². The maximum Gasteiger partial charge on any atom is 0.236 e. The molecular weight excluding hydrogens is 436 g/mol. The van der Waals surface area contributed by atoms with E-state index in [0.29, 0.717) is 16.6 Å². The Morgan fingerprint density at radius 2 is 1.84 bits per heavy atom. The molecule has 0 saturated heterocycles. The lowest BCUT2D eigenvalue weighted by Crippen LogP contribution is -2.33. The van der Waals surface area contributed by atoms with Gasteiger partial charge < -0.3 is 5.32 Å². The van der Waals surface area contributed by atoms with Crippen molar-refractivity contribution >= 4 is 26.6 Å². The summed E-state index contributed by atoms with van der Waals surface area (Å²) < 4.78 is 57.1. The monoisotopic (exact) mass is 457 g/mol. The predicted molar refractivity (Wildman–Crippen MR) is 119 cm³/mol. The normalized spacial score (nSPS) is 14.8. The smallest absolute Gasteiger partial charge is 0.236 e. The van der Waals surface area contributed by atoms with Gasteiger partial charge in [0, 0.05) is 35.4 Å². The Labute approximate surface area is 183 Å². The molecule has 5 rings (SSSR count). The number of nitrogens with one attached hydrogen (secondary N) is 1. The van der Waals surface area contributed by atoms with Crippen molar-refractivity contribution in [3.05, 3.63) is 53.4 Å². The van der Waals surface area contributed by atoms with Crippen molar-refractivity contribution in [2.75, 3.05) is 11.6 Å². The van der Waals surface area contributed by atoms with Crippen molar-refractivity contribution in [1.82, 2.24) is 19.0 Å². The van der Waals surface area contributed by atoms with E-state index < -0.39 is 27.2 Å². The molecule has 1 N–H and O–H groups in total. The van der Waals surface area contributed by atoms with Crippen LogP contribution in [0.4, 0.5) is 14.5 Å². The Hall–Kier alpha value is -3.27. The highest BCUT2D eigenvalue weighted by atomic mass is 32.2. The molecule has 32 heavy (non-hydrogen) atoms. The van der Waals surface area contributed by atoms with Crippen LogP contribution in [-0.4, -0.2) is 33.6 Å². The maximum absolute atomic E-state index is 15.6. The second-order valence-corrected chi connectivity index (χ2v) is 10.6. The average molecular weight is 458 g/mol. The van der Waals surface area contributed by atoms with Crippen LogP contribution < -0.4 is 5.32 Å². The molecule has 0 amide bonds. The van der Waals surface area contributed by atoms with Crippen LogP contribution in [0.2, 0.25) is 0 Å². The average Bonchev–Trinajstić information content (AvgIpc) is 3.25. The quantitative estimate of drug-likeness (QED) is 0.489. The molecule has 7 nitrogen and oxygen atoms in total. The van der Waals surface area contributed by atoms with Gasteiger partial charge in [0.2, 0.25) is 10.0 Å². The third-order valence-electron chi connectivity index (χ3n) is 6.00. The van der Waals surface area contributed by atoms with E-state index in [9.17, 15) is 12.8 Å². The molecule has 0 aliphatic carbocycles. The fourth-order valence-corrected chi connectivity index (χ4v) is 5.44. The Morgan fingerprint density at radius 1 is 1.12 bits per heavy atom. The van der Waals surface area contributed by atoms with E-state index in [4.69, 9.17) is 0 Å². The van der Waals surface area contributed by atoms with Gasteiger partial charge in [0.1, 0.15) is 17.3 Å². The van der Waals surface area contributed by atoms with E-state index in [1.54, 1.807) is 24.7 Å². The number of aryl methyl sites for hydroxylation is 1. The molecule has 0 unspecified atom stereocenters. The Balaban J connectivity index is 1.87. The molecule has 0 atom stereocenters. The van der Waals surface area contributed by atoms with Crippen LogP contribution in [0.15, 0.2) is 30.5 Å². The Bertz CT molecular complexity index is 1550. The standard InChI is InChI=1S/C22H21F2N5O2S/c1-11-18(14-8-12(23)9-17-13(14)6-7-29(17)32(5,30)31)15(24)10-16-19(11)20-21(22(2,3)25-16)26-27-28(20)4/h6-10,25H,1-5H3. The van der Waals surface area contributed by atoms with Crippen LogP contribution >= 0.6 is 0 Å². The third-order valence-corrected chi connectivity index (χ3v) is 7.03. The number of benzene rings is 2. The molecule has 2 aromatic carbocycles. The van der Waals surface area contributed by atoms with Gasteiger partial charge in [-0.25, -0.2) is 25.9 Å². The van der Waals surface area contributed by atoms with Crippen LogP contribution in [0.3, 0.4) is 0 Å². The fourth-order valence-electron chi connectivity index (χ4n) is 4.65. The van der Waals surface area contributed by atoms with Crippen molar-refractivity contribution in [2.24, 2.45) is 7.05 Å². The number of anilines is 1. The molecule has 0 saturated carbocycles. The second-order valence-electron chi connectivity index (χ2n) is 8.70. The largest absolute Gasteiger partial charge is 0.374 e. The number of fused-ring (bicyclic) bond motifs is 4. The van der Waals surface area contributed by atoms with Crippen LogP contribution in [0.1, 0.15) is 25.1 Å². The summed E-state index contributed by atoms with van der Waals surface area (Å²) in [5.74, 6) is -1.20. The minimum Gasteiger partial charge on any atom is -0.374 e. The third kappa shape index (κ3) is 2.78. The van der Waals surface area contributed by atoms with Crippen LogP contribution in [0, 0.1) is 18.6 Å². The van der Waals surface area contributed by atoms with Crippen molar-refractivity contribution in [3.63, 3.8) is 0 Å². The topological polar surface area (TPSA) is 81.8 Å². The fraction of sp³-hybridized carbons (Fsp3) is 0.273. The molecule has 4 aromatic rings. The van der Waals surface area contributed by atoms with Crippen molar-refractivity contribution in [3.8, 4) is 22.4 Å². The van der Waals surface area contributed by atoms with Crippen molar-refractivity contribution in [1.29, 1.82) is 0 Å². The Kier molecular flexibility index (Phi) is 4.11. The molecule has 0 spiro atoms. The van der Waals surface area contributed by atoms with Crippen molar-refractivity contribution in [2.45, 2.75) is 26.3 Å². The minimum absolute atomic E-state index is 0.154. The summed E-state index contributed by atoms with van der Waals surface area (Å²) in [4.78, 5) is 0. The number of hydrogen-bond donors (Lipinski definition) is 1. The number of aromatic nitrogens is 4. The van der Waals surface area contributed by atoms with E-state index in [1.165, 1.54) is 18.3 Å². The van der Waals surface area contributed by atoms with Gasteiger partial charge in [0.05, 0.1) is 23.0 Å². The van der Waals surface area contributed by atoms with Gasteiger partial charge in [-0.15, -0.1) is 5.10 Å². The van der Waals surface area contributed by atoms with Crippen LogP contribution in [0.25, 0.3) is 33.3 Å². The van der Waals surface area contributed by atoms with Gasteiger partial charge in [-0.2, -0.15) is 0 Å². The molecule has 2 aromatic heterocycles. The number of rotatable bonds is 2. The molecule has 0 radical (unpaired) electrons. The molecule has 3 heterocycles. The van der Waals surface area contributed by atoms with E-state index in [2.05, 4.69) is 15.6 Å². The Morgan fingerprint density at radius 3 is 2.53 bits per heavy atom. The summed E-state index contributed by atoms with van der Waals surface area (Å²) in [7, 11) is -1.89. The second kappa shape index (κ2) is 6.38. The van der Waals surface area contributed by atoms with Gasteiger partial charge in [-0.1, -0.05) is 5.21 Å².